The van der Waals surface area contributed by atoms with Crippen LogP contribution in [0.1, 0.15) is 41.3 Å². The molecule has 0 unspecified atom stereocenters. The molecule has 0 atom stereocenters. The maximum atomic E-state index is 5.89. The molecular weight excluding hydrogens is 430 g/mol. The van der Waals surface area contributed by atoms with Crippen molar-refractivity contribution in [2.75, 3.05) is 32.8 Å². The van der Waals surface area contributed by atoms with Crippen LogP contribution in [0, 0.1) is 4.77 Å². The lowest BCUT2D eigenvalue weighted by atomic mass is 10.1. The highest BCUT2D eigenvalue weighted by atomic mass is 32.1. The van der Waals surface area contributed by atoms with Gasteiger partial charge in [0.25, 0.3) is 0 Å². The Bertz CT molecular complexity index is 1180. The maximum absolute atomic E-state index is 5.89. The molecule has 2 aliphatic heterocycles. The number of hydrogen-bond donors (Lipinski definition) is 0. The first-order valence-electron chi connectivity index (χ1n) is 12.1. The van der Waals surface area contributed by atoms with E-state index in [0.29, 0.717) is 5.92 Å². The van der Waals surface area contributed by atoms with Gasteiger partial charge in [-0.25, -0.2) is 4.68 Å². The molecule has 0 bridgehead atoms. The van der Waals surface area contributed by atoms with E-state index in [1.165, 1.54) is 35.4 Å². The van der Waals surface area contributed by atoms with Gasteiger partial charge in [-0.2, -0.15) is 5.10 Å². The van der Waals surface area contributed by atoms with E-state index in [1.54, 1.807) is 0 Å². The molecule has 1 saturated heterocycles. The molecule has 0 radical (unpaired) electrons. The quantitative estimate of drug-likeness (QED) is 0.497. The van der Waals surface area contributed by atoms with Crippen molar-refractivity contribution in [3.8, 4) is 5.75 Å². The number of piperazine rings is 1. The number of benzene rings is 2. The van der Waals surface area contributed by atoms with Crippen LogP contribution in [0.15, 0.2) is 48.5 Å². The van der Waals surface area contributed by atoms with Gasteiger partial charge in [0.1, 0.15) is 11.6 Å². The molecule has 0 N–H and O–H groups in total. The summed E-state index contributed by atoms with van der Waals surface area (Å²) in [6, 6.07) is 17.3. The van der Waals surface area contributed by atoms with Crippen molar-refractivity contribution in [2.24, 2.45) is 0 Å². The van der Waals surface area contributed by atoms with Crippen LogP contribution in [-0.2, 0) is 26.2 Å². The topological polar surface area (TPSA) is 38.5 Å². The van der Waals surface area contributed by atoms with Crippen molar-refractivity contribution in [1.29, 1.82) is 0 Å². The van der Waals surface area contributed by atoms with Gasteiger partial charge in [0, 0.05) is 45.1 Å². The fraction of sp³-hybridized carbons (Fsp3) is 0.462. The average molecular weight is 462 g/mol. The number of rotatable bonds is 7. The number of ether oxygens (including phenoxy) is 1. The van der Waals surface area contributed by atoms with E-state index in [9.17, 15) is 0 Å². The summed E-state index contributed by atoms with van der Waals surface area (Å²) in [5, 5.41) is 4.99. The molecule has 172 valence electrons. The Morgan fingerprint density at radius 2 is 1.70 bits per heavy atom. The van der Waals surface area contributed by atoms with Crippen LogP contribution < -0.4 is 4.74 Å². The monoisotopic (exact) mass is 461 g/mol. The summed E-state index contributed by atoms with van der Waals surface area (Å²) in [5.74, 6) is 2.81. The minimum atomic E-state index is 0.575. The van der Waals surface area contributed by atoms with E-state index in [0.717, 1.165) is 69.5 Å². The molecule has 3 heterocycles. The first-order valence-corrected chi connectivity index (χ1v) is 12.5. The third kappa shape index (κ3) is 4.63. The first kappa shape index (κ1) is 21.1. The Balaban J connectivity index is 1.09. The number of aromatic nitrogens is 3. The molecule has 33 heavy (non-hydrogen) atoms. The third-order valence-electron chi connectivity index (χ3n) is 7.04. The van der Waals surface area contributed by atoms with Crippen molar-refractivity contribution in [2.45, 2.75) is 44.9 Å². The van der Waals surface area contributed by atoms with E-state index in [1.807, 2.05) is 0 Å². The van der Waals surface area contributed by atoms with Crippen molar-refractivity contribution in [3.63, 3.8) is 0 Å². The standard InChI is InChI=1S/C26H31N5OS/c33-26-30(18-20-4-2-1-3-5-20)25(22-7-8-22)27-31(26)19-29-13-11-28(12-14-29)17-21-6-9-24-23(16-21)10-15-32-24/h1-6,9,16,22H,7-8,10-15,17-19H2. The predicted molar refractivity (Wildman–Crippen MR) is 131 cm³/mol. The molecule has 6 nitrogen and oxygen atoms in total. The summed E-state index contributed by atoms with van der Waals surface area (Å²) in [6.45, 7) is 7.65. The summed E-state index contributed by atoms with van der Waals surface area (Å²) < 4.78 is 10.8. The van der Waals surface area contributed by atoms with E-state index in [4.69, 9.17) is 22.1 Å². The lowest BCUT2D eigenvalue weighted by Crippen LogP contribution is -2.46. The fourth-order valence-electron chi connectivity index (χ4n) is 4.98. The lowest BCUT2D eigenvalue weighted by molar-refractivity contribution is 0.0979. The van der Waals surface area contributed by atoms with Crippen LogP contribution in [0.5, 0.6) is 5.75 Å². The Hall–Kier alpha value is -2.48. The minimum Gasteiger partial charge on any atom is -0.493 e. The van der Waals surface area contributed by atoms with Gasteiger partial charge in [0.2, 0.25) is 0 Å². The summed E-state index contributed by atoms with van der Waals surface area (Å²) in [5.41, 5.74) is 4.03. The van der Waals surface area contributed by atoms with E-state index < -0.39 is 0 Å². The van der Waals surface area contributed by atoms with Crippen LogP contribution in [0.3, 0.4) is 0 Å². The summed E-state index contributed by atoms with van der Waals surface area (Å²) in [4.78, 5) is 5.04. The SMILES string of the molecule is S=c1n(CN2CCN(Cc3ccc4c(c3)CCO4)CC2)nc(C2CC2)n1Cc1ccccc1. The highest BCUT2D eigenvalue weighted by Crippen LogP contribution is 2.39. The molecule has 6 rings (SSSR count). The van der Waals surface area contributed by atoms with Crippen LogP contribution in [0.2, 0.25) is 0 Å². The number of fused-ring (bicyclic) bond motifs is 1. The smallest absolute Gasteiger partial charge is 0.199 e. The highest BCUT2D eigenvalue weighted by molar-refractivity contribution is 7.71. The van der Waals surface area contributed by atoms with Crippen LogP contribution in [-0.4, -0.2) is 56.9 Å². The zero-order chi connectivity index (χ0) is 22.2. The minimum absolute atomic E-state index is 0.575. The lowest BCUT2D eigenvalue weighted by Gasteiger charge is -2.34. The Kier molecular flexibility index (Phi) is 5.78. The second-order valence-corrected chi connectivity index (χ2v) is 9.93. The van der Waals surface area contributed by atoms with Crippen LogP contribution in [0.25, 0.3) is 0 Å². The second kappa shape index (κ2) is 9.05. The molecule has 1 saturated carbocycles. The predicted octanol–water partition coefficient (Wildman–Crippen LogP) is 4.05. The zero-order valence-electron chi connectivity index (χ0n) is 19.0. The average Bonchev–Trinajstić information content (AvgIpc) is 3.51. The Labute approximate surface area is 200 Å². The van der Waals surface area contributed by atoms with Crippen molar-refractivity contribution in [1.82, 2.24) is 24.1 Å². The van der Waals surface area contributed by atoms with Gasteiger partial charge in [-0.1, -0.05) is 42.5 Å². The summed E-state index contributed by atoms with van der Waals surface area (Å²) >= 11 is 5.89. The van der Waals surface area contributed by atoms with Crippen LogP contribution in [0.4, 0.5) is 0 Å². The highest BCUT2D eigenvalue weighted by Gasteiger charge is 2.30. The van der Waals surface area contributed by atoms with E-state index in [-0.39, 0.29) is 0 Å². The van der Waals surface area contributed by atoms with Gasteiger partial charge in [-0.3, -0.25) is 14.4 Å². The van der Waals surface area contributed by atoms with Gasteiger partial charge in [0.05, 0.1) is 19.8 Å². The first-order chi connectivity index (χ1) is 16.2. The number of hydrogen-bond acceptors (Lipinski definition) is 5. The summed E-state index contributed by atoms with van der Waals surface area (Å²) in [7, 11) is 0. The van der Waals surface area contributed by atoms with Gasteiger partial charge in [0.15, 0.2) is 4.77 Å². The molecule has 0 amide bonds. The number of nitrogens with zero attached hydrogens (tertiary/aromatic N) is 5. The second-order valence-electron chi connectivity index (χ2n) is 9.56. The molecule has 1 aliphatic carbocycles. The molecule has 3 aliphatic rings. The molecule has 1 aromatic heterocycles. The zero-order valence-corrected chi connectivity index (χ0v) is 19.8. The summed E-state index contributed by atoms with van der Waals surface area (Å²) in [6.07, 6.45) is 3.50. The fourth-order valence-corrected chi connectivity index (χ4v) is 5.24. The molecule has 2 fully saturated rings. The molecule has 0 spiro atoms. The van der Waals surface area contributed by atoms with Gasteiger partial charge in [-0.15, -0.1) is 0 Å². The molecule has 2 aromatic carbocycles. The molecular formula is C26H31N5OS. The van der Waals surface area contributed by atoms with Crippen molar-refractivity contribution < 1.29 is 4.74 Å². The Morgan fingerprint density at radius 1 is 0.909 bits per heavy atom. The van der Waals surface area contributed by atoms with Gasteiger partial charge < -0.3 is 4.74 Å². The van der Waals surface area contributed by atoms with Gasteiger partial charge >= 0.3 is 0 Å². The largest absolute Gasteiger partial charge is 0.493 e. The normalized spacial score (nSPS) is 18.9. The third-order valence-corrected chi connectivity index (χ3v) is 7.47. The molecule has 3 aromatic rings. The van der Waals surface area contributed by atoms with Crippen LogP contribution >= 0.6 is 12.2 Å². The molecule has 7 heteroatoms. The van der Waals surface area contributed by atoms with E-state index in [2.05, 4.69) is 67.6 Å². The van der Waals surface area contributed by atoms with E-state index >= 15 is 0 Å². The van der Waals surface area contributed by atoms with Crippen molar-refractivity contribution >= 4 is 12.2 Å². The van der Waals surface area contributed by atoms with Crippen molar-refractivity contribution in [3.05, 3.63) is 75.8 Å². The maximum Gasteiger partial charge on any atom is 0.199 e. The Morgan fingerprint density at radius 3 is 2.48 bits per heavy atom. The van der Waals surface area contributed by atoms with Gasteiger partial charge in [-0.05, 0) is 47.8 Å².